The molecule has 1 aliphatic rings. The first-order valence-corrected chi connectivity index (χ1v) is 8.00. The molecule has 5 nitrogen and oxygen atoms in total. The van der Waals surface area contributed by atoms with Gasteiger partial charge in [0.05, 0.1) is 0 Å². The zero-order chi connectivity index (χ0) is 18.1. The van der Waals surface area contributed by atoms with E-state index in [1.165, 1.54) is 6.07 Å². The van der Waals surface area contributed by atoms with Crippen molar-refractivity contribution in [1.29, 1.82) is 0 Å². The second-order valence-corrected chi connectivity index (χ2v) is 7.09. The number of carbonyl (C=O) groups excluding carboxylic acids is 1. The van der Waals surface area contributed by atoms with Crippen molar-refractivity contribution < 1.29 is 18.3 Å². The SMILES string of the molecule is CC1CN(C(=O)OC(C)(C)C)CCN1c1ccc(N)cc1C(F)F. The highest BCUT2D eigenvalue weighted by molar-refractivity contribution is 5.69. The van der Waals surface area contributed by atoms with Crippen LogP contribution in [0.1, 0.15) is 39.7 Å². The largest absolute Gasteiger partial charge is 0.444 e. The molecule has 1 unspecified atom stereocenters. The van der Waals surface area contributed by atoms with Crippen LogP contribution in [0.5, 0.6) is 0 Å². The highest BCUT2D eigenvalue weighted by Gasteiger charge is 2.31. The average Bonchev–Trinajstić information content (AvgIpc) is 2.45. The van der Waals surface area contributed by atoms with Gasteiger partial charge >= 0.3 is 6.09 Å². The summed E-state index contributed by atoms with van der Waals surface area (Å²) in [5.74, 6) is 0. The lowest BCUT2D eigenvalue weighted by Crippen LogP contribution is -2.54. The van der Waals surface area contributed by atoms with E-state index >= 15 is 0 Å². The number of amides is 1. The molecule has 24 heavy (non-hydrogen) atoms. The zero-order valence-electron chi connectivity index (χ0n) is 14.6. The molecule has 1 atom stereocenters. The summed E-state index contributed by atoms with van der Waals surface area (Å²) in [7, 11) is 0. The van der Waals surface area contributed by atoms with Crippen molar-refractivity contribution in [2.45, 2.75) is 45.8 Å². The van der Waals surface area contributed by atoms with E-state index in [4.69, 9.17) is 10.5 Å². The Morgan fingerprint density at radius 3 is 2.54 bits per heavy atom. The van der Waals surface area contributed by atoms with E-state index in [0.717, 1.165) is 0 Å². The molecule has 2 N–H and O–H groups in total. The molecule has 1 amide bonds. The van der Waals surface area contributed by atoms with Crippen LogP contribution in [0.2, 0.25) is 0 Å². The molecule has 1 aromatic carbocycles. The smallest absolute Gasteiger partial charge is 0.410 e. The Balaban J connectivity index is 2.13. The summed E-state index contributed by atoms with van der Waals surface area (Å²) in [5, 5.41) is 0. The first-order valence-electron chi connectivity index (χ1n) is 8.00. The lowest BCUT2D eigenvalue weighted by Gasteiger charge is -2.42. The Kier molecular flexibility index (Phi) is 5.20. The van der Waals surface area contributed by atoms with Crippen molar-refractivity contribution in [2.24, 2.45) is 0 Å². The van der Waals surface area contributed by atoms with E-state index in [9.17, 15) is 13.6 Å². The van der Waals surface area contributed by atoms with Crippen LogP contribution in [-0.4, -0.2) is 42.3 Å². The highest BCUT2D eigenvalue weighted by Crippen LogP contribution is 2.33. The van der Waals surface area contributed by atoms with Gasteiger partial charge in [-0.05, 0) is 45.9 Å². The van der Waals surface area contributed by atoms with Crippen molar-refractivity contribution >= 4 is 17.5 Å². The van der Waals surface area contributed by atoms with Crippen molar-refractivity contribution in [3.8, 4) is 0 Å². The molecule has 0 aromatic heterocycles. The minimum Gasteiger partial charge on any atom is -0.444 e. The van der Waals surface area contributed by atoms with Crippen LogP contribution in [0, 0.1) is 0 Å². The number of anilines is 2. The van der Waals surface area contributed by atoms with E-state index < -0.39 is 12.0 Å². The number of nitrogens with zero attached hydrogens (tertiary/aromatic N) is 2. The van der Waals surface area contributed by atoms with Gasteiger partial charge in [-0.15, -0.1) is 0 Å². The summed E-state index contributed by atoms with van der Waals surface area (Å²) < 4.78 is 32.0. The quantitative estimate of drug-likeness (QED) is 0.834. The molecule has 7 heteroatoms. The maximum Gasteiger partial charge on any atom is 0.410 e. The lowest BCUT2D eigenvalue weighted by atomic mass is 10.1. The molecule has 1 aliphatic heterocycles. The van der Waals surface area contributed by atoms with Crippen LogP contribution in [0.25, 0.3) is 0 Å². The molecule has 0 radical (unpaired) electrons. The predicted octanol–water partition coefficient (Wildman–Crippen LogP) is 3.65. The van der Waals surface area contributed by atoms with Gasteiger partial charge in [-0.25, -0.2) is 13.6 Å². The fourth-order valence-corrected chi connectivity index (χ4v) is 2.82. The summed E-state index contributed by atoms with van der Waals surface area (Å²) in [6.07, 6.45) is -2.97. The number of piperazine rings is 1. The maximum atomic E-state index is 13.3. The monoisotopic (exact) mass is 341 g/mol. The van der Waals surface area contributed by atoms with Gasteiger partial charge in [0, 0.05) is 42.6 Å². The molecule has 1 heterocycles. The van der Waals surface area contributed by atoms with Gasteiger partial charge in [0.15, 0.2) is 0 Å². The topological polar surface area (TPSA) is 58.8 Å². The summed E-state index contributed by atoms with van der Waals surface area (Å²) in [4.78, 5) is 15.7. The summed E-state index contributed by atoms with van der Waals surface area (Å²) in [6, 6.07) is 4.45. The van der Waals surface area contributed by atoms with Crippen molar-refractivity contribution in [3.05, 3.63) is 23.8 Å². The minimum absolute atomic E-state index is 0.0763. The van der Waals surface area contributed by atoms with Crippen molar-refractivity contribution in [3.63, 3.8) is 0 Å². The summed E-state index contributed by atoms with van der Waals surface area (Å²) in [6.45, 7) is 8.65. The number of alkyl halides is 2. The molecule has 0 spiro atoms. The molecule has 0 bridgehead atoms. The number of hydrogen-bond donors (Lipinski definition) is 1. The molecule has 2 rings (SSSR count). The van der Waals surface area contributed by atoms with Gasteiger partial charge in [-0.3, -0.25) is 0 Å². The number of nitrogens with two attached hydrogens (primary N) is 1. The van der Waals surface area contributed by atoms with Crippen LogP contribution in [0.15, 0.2) is 18.2 Å². The van der Waals surface area contributed by atoms with Gasteiger partial charge in [-0.1, -0.05) is 0 Å². The van der Waals surface area contributed by atoms with Crippen molar-refractivity contribution in [1.82, 2.24) is 4.90 Å². The standard InChI is InChI=1S/C17H25F2N3O2/c1-11-10-21(16(23)24-17(2,3)4)7-8-22(11)14-6-5-12(20)9-13(14)15(18)19/h5-6,9,11,15H,7-8,10,20H2,1-4H3. The Morgan fingerprint density at radius 1 is 1.33 bits per heavy atom. The van der Waals surface area contributed by atoms with Crippen molar-refractivity contribution in [2.75, 3.05) is 30.3 Å². The molecule has 0 aliphatic carbocycles. The summed E-state index contributed by atoms with van der Waals surface area (Å²) >= 11 is 0. The average molecular weight is 341 g/mol. The van der Waals surface area contributed by atoms with Gasteiger partial charge in [0.2, 0.25) is 0 Å². The van der Waals surface area contributed by atoms with Crippen LogP contribution in [-0.2, 0) is 4.74 Å². The van der Waals surface area contributed by atoms with Gasteiger partial charge in [0.25, 0.3) is 6.43 Å². The molecular weight excluding hydrogens is 316 g/mol. The molecule has 1 aromatic rings. The third-order valence-corrected chi connectivity index (χ3v) is 3.88. The number of halogens is 2. The normalized spacial score (nSPS) is 18.9. The summed E-state index contributed by atoms with van der Waals surface area (Å²) in [5.41, 5.74) is 5.78. The zero-order valence-corrected chi connectivity index (χ0v) is 14.6. The van der Waals surface area contributed by atoms with Crippen LogP contribution in [0.3, 0.4) is 0 Å². The van der Waals surface area contributed by atoms with E-state index in [1.807, 2.05) is 32.6 Å². The fraction of sp³-hybridized carbons (Fsp3) is 0.588. The van der Waals surface area contributed by atoms with Gasteiger partial charge in [-0.2, -0.15) is 0 Å². The third-order valence-electron chi connectivity index (χ3n) is 3.88. The van der Waals surface area contributed by atoms with Crippen LogP contribution in [0.4, 0.5) is 25.0 Å². The second kappa shape index (κ2) is 6.83. The number of ether oxygens (including phenoxy) is 1. The molecule has 1 fully saturated rings. The third kappa shape index (κ3) is 4.27. The number of rotatable bonds is 2. The van der Waals surface area contributed by atoms with Gasteiger partial charge in [0.1, 0.15) is 5.60 Å². The molecular formula is C17H25F2N3O2. The Bertz CT molecular complexity index is 602. The van der Waals surface area contributed by atoms with E-state index in [0.29, 0.717) is 31.0 Å². The molecule has 1 saturated heterocycles. The Labute approximate surface area is 141 Å². The predicted molar refractivity (Wildman–Crippen MR) is 90.4 cm³/mol. The number of benzene rings is 1. The number of carbonyl (C=O) groups is 1. The first-order chi connectivity index (χ1) is 11.1. The minimum atomic E-state index is -2.60. The van der Waals surface area contributed by atoms with Crippen LogP contribution < -0.4 is 10.6 Å². The van der Waals surface area contributed by atoms with E-state index in [2.05, 4.69) is 0 Å². The Morgan fingerprint density at radius 2 is 2.00 bits per heavy atom. The molecule has 134 valence electrons. The maximum absolute atomic E-state index is 13.3. The van der Waals surface area contributed by atoms with Gasteiger partial charge < -0.3 is 20.3 Å². The number of hydrogen-bond acceptors (Lipinski definition) is 4. The lowest BCUT2D eigenvalue weighted by molar-refractivity contribution is 0.0218. The van der Waals surface area contributed by atoms with E-state index in [1.54, 1.807) is 17.0 Å². The fourth-order valence-electron chi connectivity index (χ4n) is 2.82. The number of nitrogen functional groups attached to an aromatic ring is 1. The second-order valence-electron chi connectivity index (χ2n) is 7.09. The highest BCUT2D eigenvalue weighted by atomic mass is 19.3. The van der Waals surface area contributed by atoms with Crippen LogP contribution >= 0.6 is 0 Å². The first kappa shape index (κ1) is 18.3. The van der Waals surface area contributed by atoms with E-state index in [-0.39, 0.29) is 17.7 Å². The molecule has 0 saturated carbocycles. The Hall–Kier alpha value is -2.05.